The van der Waals surface area contributed by atoms with E-state index in [1.54, 1.807) is 4.90 Å². The number of halogens is 1. The van der Waals surface area contributed by atoms with Crippen LogP contribution in [0, 0.1) is 5.41 Å². The number of thiazole rings is 1. The molecule has 2 fully saturated rings. The highest BCUT2D eigenvalue weighted by atomic mass is 79.9. The lowest BCUT2D eigenvalue weighted by molar-refractivity contribution is -0.00116. The van der Waals surface area contributed by atoms with Crippen LogP contribution in [0.2, 0.25) is 0 Å². The third kappa shape index (κ3) is 3.78. The molecule has 1 N–H and O–H groups in total. The number of aromatic nitrogens is 1. The van der Waals surface area contributed by atoms with Gasteiger partial charge in [-0.2, -0.15) is 0 Å². The monoisotopic (exact) mass is 416 g/mol. The molecule has 2 heterocycles. The second kappa shape index (κ2) is 6.25. The van der Waals surface area contributed by atoms with Crippen molar-refractivity contribution in [1.29, 1.82) is 0 Å². The SMILES string of the molecule is CC(C)(C)OC(=O)N1CCC2(CC1)CCC(O)(c1nc(Br)cs1)C2. The van der Waals surface area contributed by atoms with Gasteiger partial charge in [0, 0.05) is 18.5 Å². The number of rotatable bonds is 1. The summed E-state index contributed by atoms with van der Waals surface area (Å²) in [6.07, 6.45) is 4.08. The Kier molecular flexibility index (Phi) is 4.73. The Morgan fingerprint density at radius 1 is 1.33 bits per heavy atom. The molecule has 2 aliphatic rings. The van der Waals surface area contributed by atoms with E-state index in [4.69, 9.17) is 4.74 Å². The molecule has 7 heteroatoms. The third-order valence-electron chi connectivity index (χ3n) is 5.09. The Balaban J connectivity index is 1.61. The van der Waals surface area contributed by atoms with Crippen molar-refractivity contribution < 1.29 is 14.6 Å². The third-order valence-corrected chi connectivity index (χ3v) is 6.83. The van der Waals surface area contributed by atoms with Gasteiger partial charge in [0.25, 0.3) is 0 Å². The summed E-state index contributed by atoms with van der Waals surface area (Å²) in [5.74, 6) is 0. The maximum absolute atomic E-state index is 12.2. The van der Waals surface area contributed by atoms with Crippen LogP contribution in [0.25, 0.3) is 0 Å². The molecule has 24 heavy (non-hydrogen) atoms. The van der Waals surface area contributed by atoms with Gasteiger partial charge in [-0.25, -0.2) is 9.78 Å². The van der Waals surface area contributed by atoms with Crippen molar-refractivity contribution in [1.82, 2.24) is 9.88 Å². The van der Waals surface area contributed by atoms with Gasteiger partial charge in [0.1, 0.15) is 20.8 Å². The average Bonchev–Trinajstić information content (AvgIpc) is 3.04. The summed E-state index contributed by atoms with van der Waals surface area (Å²) in [7, 11) is 0. The Bertz CT molecular complexity index is 620. The van der Waals surface area contributed by atoms with Gasteiger partial charge in [-0.3, -0.25) is 0 Å². The maximum Gasteiger partial charge on any atom is 0.410 e. The molecule has 0 bridgehead atoms. The standard InChI is InChI=1S/C17H25BrN2O3S/c1-15(2,3)23-14(21)20-8-6-16(7-9-20)4-5-17(22,11-16)13-19-12(18)10-24-13/h10,22H,4-9,11H2,1-3H3. The highest BCUT2D eigenvalue weighted by Crippen LogP contribution is 2.55. The number of carbonyl (C=O) groups excluding carboxylic acids is 1. The first kappa shape index (κ1) is 18.1. The van der Waals surface area contributed by atoms with Crippen LogP contribution in [-0.2, 0) is 10.3 Å². The number of ether oxygens (including phenoxy) is 1. The normalized spacial score (nSPS) is 26.8. The second-order valence-corrected chi connectivity index (χ2v) is 9.82. The number of aliphatic hydroxyl groups is 1. The number of nitrogens with zero attached hydrogens (tertiary/aromatic N) is 2. The zero-order chi connectivity index (χ0) is 17.6. The quantitative estimate of drug-likeness (QED) is 0.741. The van der Waals surface area contributed by atoms with E-state index in [0.29, 0.717) is 13.1 Å². The molecule has 134 valence electrons. The van der Waals surface area contributed by atoms with E-state index >= 15 is 0 Å². The minimum Gasteiger partial charge on any atom is -0.444 e. The van der Waals surface area contributed by atoms with Crippen LogP contribution in [0.3, 0.4) is 0 Å². The molecule has 1 aromatic heterocycles. The summed E-state index contributed by atoms with van der Waals surface area (Å²) in [6, 6.07) is 0. The predicted molar refractivity (Wildman–Crippen MR) is 97.0 cm³/mol. The first-order valence-corrected chi connectivity index (χ1v) is 10.1. The fourth-order valence-corrected chi connectivity index (χ4v) is 5.22. The number of hydrogen-bond acceptors (Lipinski definition) is 5. The Morgan fingerprint density at radius 2 is 2.00 bits per heavy atom. The van der Waals surface area contributed by atoms with E-state index in [0.717, 1.165) is 41.7 Å². The van der Waals surface area contributed by atoms with E-state index < -0.39 is 11.2 Å². The van der Waals surface area contributed by atoms with E-state index in [2.05, 4.69) is 20.9 Å². The zero-order valence-electron chi connectivity index (χ0n) is 14.5. The van der Waals surface area contributed by atoms with Crippen molar-refractivity contribution in [2.45, 2.75) is 64.1 Å². The van der Waals surface area contributed by atoms with Crippen LogP contribution in [0.4, 0.5) is 4.79 Å². The van der Waals surface area contributed by atoms with Gasteiger partial charge in [0.05, 0.1) is 0 Å². The number of amides is 1. The molecular formula is C17H25BrN2O3S. The lowest BCUT2D eigenvalue weighted by Crippen LogP contribution is -2.45. The molecule has 1 saturated carbocycles. The van der Waals surface area contributed by atoms with E-state index in [9.17, 15) is 9.90 Å². The van der Waals surface area contributed by atoms with Crippen LogP contribution >= 0.6 is 27.3 Å². The molecular weight excluding hydrogens is 392 g/mol. The Morgan fingerprint density at radius 3 is 2.54 bits per heavy atom. The van der Waals surface area contributed by atoms with Crippen molar-refractivity contribution >= 4 is 33.4 Å². The number of piperidine rings is 1. The fourth-order valence-electron chi connectivity index (χ4n) is 3.84. The van der Waals surface area contributed by atoms with Gasteiger partial charge in [0.2, 0.25) is 0 Å². The van der Waals surface area contributed by atoms with Gasteiger partial charge >= 0.3 is 6.09 Å². The second-order valence-electron chi connectivity index (χ2n) is 8.15. The minimum atomic E-state index is -0.815. The number of carbonyl (C=O) groups is 1. The summed E-state index contributed by atoms with van der Waals surface area (Å²) < 4.78 is 6.25. The maximum atomic E-state index is 12.2. The van der Waals surface area contributed by atoms with Crippen LogP contribution in [-0.4, -0.2) is 39.8 Å². The molecule has 1 spiro atoms. The summed E-state index contributed by atoms with van der Waals surface area (Å²) in [5, 5.41) is 13.8. The summed E-state index contributed by atoms with van der Waals surface area (Å²) in [5.41, 5.74) is -1.16. The van der Waals surface area contributed by atoms with Gasteiger partial charge in [-0.15, -0.1) is 11.3 Å². The van der Waals surface area contributed by atoms with Crippen LogP contribution in [0.15, 0.2) is 9.98 Å². The van der Waals surface area contributed by atoms with E-state index in [1.165, 1.54) is 11.3 Å². The van der Waals surface area contributed by atoms with Gasteiger partial charge in [-0.05, 0) is 74.2 Å². The molecule has 5 nitrogen and oxygen atoms in total. The number of hydrogen-bond donors (Lipinski definition) is 1. The lowest BCUT2D eigenvalue weighted by atomic mass is 9.76. The van der Waals surface area contributed by atoms with Crippen molar-refractivity contribution in [3.8, 4) is 0 Å². The van der Waals surface area contributed by atoms with E-state index in [-0.39, 0.29) is 11.5 Å². The van der Waals surface area contributed by atoms with E-state index in [1.807, 2.05) is 26.2 Å². The number of likely N-dealkylation sites (tertiary alicyclic amines) is 1. The smallest absolute Gasteiger partial charge is 0.410 e. The topological polar surface area (TPSA) is 62.7 Å². The molecule has 1 saturated heterocycles. The molecule has 1 aliphatic carbocycles. The van der Waals surface area contributed by atoms with Crippen molar-refractivity contribution in [3.05, 3.63) is 15.0 Å². The zero-order valence-corrected chi connectivity index (χ0v) is 16.9. The predicted octanol–water partition coefficient (Wildman–Crippen LogP) is 4.29. The Hall–Kier alpha value is -0.660. The first-order valence-electron chi connectivity index (χ1n) is 8.43. The molecule has 0 radical (unpaired) electrons. The average molecular weight is 417 g/mol. The molecule has 1 amide bonds. The molecule has 1 atom stereocenters. The molecule has 1 aliphatic heterocycles. The van der Waals surface area contributed by atoms with Gasteiger partial charge in [0.15, 0.2) is 0 Å². The highest BCUT2D eigenvalue weighted by Gasteiger charge is 2.51. The van der Waals surface area contributed by atoms with Crippen molar-refractivity contribution in [3.63, 3.8) is 0 Å². The minimum absolute atomic E-state index is 0.116. The fraction of sp³-hybridized carbons (Fsp3) is 0.765. The molecule has 0 aromatic carbocycles. The lowest BCUT2D eigenvalue weighted by Gasteiger charge is -2.40. The molecule has 3 rings (SSSR count). The molecule has 1 unspecified atom stereocenters. The highest BCUT2D eigenvalue weighted by molar-refractivity contribution is 9.10. The summed E-state index contributed by atoms with van der Waals surface area (Å²) >= 11 is 4.88. The van der Waals surface area contributed by atoms with Crippen LogP contribution < -0.4 is 0 Å². The largest absolute Gasteiger partial charge is 0.444 e. The van der Waals surface area contributed by atoms with Gasteiger partial charge in [-0.1, -0.05) is 0 Å². The summed E-state index contributed by atoms with van der Waals surface area (Å²) in [6.45, 7) is 7.07. The van der Waals surface area contributed by atoms with Crippen LogP contribution in [0.5, 0.6) is 0 Å². The van der Waals surface area contributed by atoms with Crippen molar-refractivity contribution in [2.24, 2.45) is 5.41 Å². The molecule has 1 aromatic rings. The van der Waals surface area contributed by atoms with Gasteiger partial charge < -0.3 is 14.7 Å². The first-order chi connectivity index (χ1) is 11.1. The van der Waals surface area contributed by atoms with Crippen molar-refractivity contribution in [2.75, 3.05) is 13.1 Å². The summed E-state index contributed by atoms with van der Waals surface area (Å²) in [4.78, 5) is 18.4. The Labute approximate surface area is 155 Å². The van der Waals surface area contributed by atoms with Crippen LogP contribution in [0.1, 0.15) is 57.9 Å².